The minimum atomic E-state index is -5.12. The van der Waals surface area contributed by atoms with Crippen LogP contribution in [0.4, 0.5) is 0 Å². The standard InChI is InChI=1S/C52H97O13P/c1-3-5-7-9-11-13-15-17-18-19-20-21-22-23-24-25-26-27-29-30-32-34-36-38-40-45(53)62-42-44(43-63-66(60,61)65-52-50(58)48(56)47(55)49(57)51(52)59)64-46(54)41-39-37-35-33-31-28-16-14-12-10-8-6-4-2/h8,10,14,16,44,47-52,55-59H,3-7,9,11-13,15,17-43H2,1-2H3,(H,60,61)/b10-8-,16-14-. The Balaban J connectivity index is 2.31. The lowest BCUT2D eigenvalue weighted by atomic mass is 9.85. The minimum absolute atomic E-state index is 0.0832. The largest absolute Gasteiger partial charge is 0.472 e. The Bertz CT molecular complexity index is 1250. The van der Waals surface area contributed by atoms with Crippen molar-refractivity contribution < 1.29 is 63.1 Å². The molecule has 6 unspecified atom stereocenters. The molecule has 0 aromatic heterocycles. The Hall–Kier alpha value is -1.67. The zero-order chi connectivity index (χ0) is 48.5. The molecule has 14 heteroatoms. The van der Waals surface area contributed by atoms with E-state index in [1.54, 1.807) is 0 Å². The summed E-state index contributed by atoms with van der Waals surface area (Å²) in [6, 6.07) is 0. The Morgan fingerprint density at radius 1 is 0.470 bits per heavy atom. The van der Waals surface area contributed by atoms with Crippen molar-refractivity contribution in [2.75, 3.05) is 13.2 Å². The lowest BCUT2D eigenvalue weighted by Crippen LogP contribution is -2.64. The van der Waals surface area contributed by atoms with E-state index < -0.39 is 75.7 Å². The number of aliphatic hydroxyl groups is 5. The van der Waals surface area contributed by atoms with Crippen LogP contribution < -0.4 is 0 Å². The summed E-state index contributed by atoms with van der Waals surface area (Å²) in [6.07, 6.45) is 35.3. The molecule has 13 nitrogen and oxygen atoms in total. The molecule has 0 spiro atoms. The van der Waals surface area contributed by atoms with Gasteiger partial charge in [0.2, 0.25) is 0 Å². The third kappa shape index (κ3) is 33.8. The van der Waals surface area contributed by atoms with Crippen LogP contribution >= 0.6 is 7.82 Å². The van der Waals surface area contributed by atoms with Crippen molar-refractivity contribution in [3.05, 3.63) is 24.3 Å². The van der Waals surface area contributed by atoms with Gasteiger partial charge in [0.25, 0.3) is 0 Å². The van der Waals surface area contributed by atoms with Crippen LogP contribution in [0.3, 0.4) is 0 Å². The molecule has 0 radical (unpaired) electrons. The summed E-state index contributed by atoms with van der Waals surface area (Å²) in [5.41, 5.74) is 0. The zero-order valence-electron chi connectivity index (χ0n) is 41.5. The van der Waals surface area contributed by atoms with Crippen LogP contribution in [0.5, 0.6) is 0 Å². The normalized spacial score (nSPS) is 21.4. The van der Waals surface area contributed by atoms with Gasteiger partial charge in [0.1, 0.15) is 43.2 Å². The van der Waals surface area contributed by atoms with Gasteiger partial charge in [0, 0.05) is 12.8 Å². The summed E-state index contributed by atoms with van der Waals surface area (Å²) in [4.78, 5) is 35.8. The van der Waals surface area contributed by atoms with E-state index in [0.29, 0.717) is 12.8 Å². The summed E-state index contributed by atoms with van der Waals surface area (Å²) in [7, 11) is -5.12. The van der Waals surface area contributed by atoms with Gasteiger partial charge in [-0.05, 0) is 38.5 Å². The second-order valence-corrected chi connectivity index (χ2v) is 20.1. The van der Waals surface area contributed by atoms with Crippen LogP contribution in [0.1, 0.15) is 239 Å². The Labute approximate surface area is 400 Å². The van der Waals surface area contributed by atoms with Gasteiger partial charge in [0.15, 0.2) is 6.10 Å². The number of phosphoric acid groups is 1. The Kier molecular flexibility index (Phi) is 39.9. The lowest BCUT2D eigenvalue weighted by Gasteiger charge is -2.41. The molecule has 6 N–H and O–H groups in total. The molecule has 0 bridgehead atoms. The third-order valence-corrected chi connectivity index (χ3v) is 13.5. The van der Waals surface area contributed by atoms with E-state index >= 15 is 0 Å². The second-order valence-electron chi connectivity index (χ2n) is 18.7. The maximum atomic E-state index is 12.8. The molecule has 0 heterocycles. The predicted molar refractivity (Wildman–Crippen MR) is 263 cm³/mol. The van der Waals surface area contributed by atoms with E-state index in [2.05, 4.69) is 38.2 Å². The van der Waals surface area contributed by atoms with Crippen molar-refractivity contribution in [1.82, 2.24) is 0 Å². The molecular weight excluding hydrogens is 864 g/mol. The molecule has 1 fully saturated rings. The molecule has 0 aromatic rings. The molecule has 0 saturated heterocycles. The van der Waals surface area contributed by atoms with Gasteiger partial charge >= 0.3 is 19.8 Å². The van der Waals surface area contributed by atoms with Crippen LogP contribution in [0.25, 0.3) is 0 Å². The van der Waals surface area contributed by atoms with E-state index in [4.69, 9.17) is 18.5 Å². The Morgan fingerprint density at radius 2 is 0.848 bits per heavy atom. The summed E-state index contributed by atoms with van der Waals surface area (Å²) in [5.74, 6) is -1.10. The highest BCUT2D eigenvalue weighted by Crippen LogP contribution is 2.47. The smallest absolute Gasteiger partial charge is 0.462 e. The van der Waals surface area contributed by atoms with Crippen LogP contribution in [-0.2, 0) is 32.7 Å². The molecule has 388 valence electrons. The van der Waals surface area contributed by atoms with E-state index in [1.165, 1.54) is 128 Å². The number of rotatable bonds is 45. The number of unbranched alkanes of at least 4 members (excludes halogenated alkanes) is 29. The summed E-state index contributed by atoms with van der Waals surface area (Å²) in [5, 5.41) is 50.2. The van der Waals surface area contributed by atoms with Crippen molar-refractivity contribution in [3.63, 3.8) is 0 Å². The molecule has 1 aliphatic carbocycles. The maximum absolute atomic E-state index is 12.8. The number of allylic oxidation sites excluding steroid dienone is 4. The zero-order valence-corrected chi connectivity index (χ0v) is 42.4. The number of ether oxygens (including phenoxy) is 2. The van der Waals surface area contributed by atoms with E-state index in [1.807, 2.05) is 0 Å². The monoisotopic (exact) mass is 961 g/mol. The molecule has 6 atom stereocenters. The van der Waals surface area contributed by atoms with Crippen molar-refractivity contribution in [3.8, 4) is 0 Å². The summed E-state index contributed by atoms with van der Waals surface area (Å²) in [6.45, 7) is 3.26. The molecule has 0 aliphatic heterocycles. The molecule has 1 rings (SSSR count). The van der Waals surface area contributed by atoms with Crippen molar-refractivity contribution in [1.29, 1.82) is 0 Å². The van der Waals surface area contributed by atoms with Gasteiger partial charge in [-0.15, -0.1) is 0 Å². The van der Waals surface area contributed by atoms with Crippen LogP contribution in [0.2, 0.25) is 0 Å². The topological polar surface area (TPSA) is 210 Å². The number of carbonyl (C=O) groups excluding carboxylic acids is 2. The fourth-order valence-corrected chi connectivity index (χ4v) is 9.24. The highest BCUT2D eigenvalue weighted by Gasteiger charge is 2.51. The summed E-state index contributed by atoms with van der Waals surface area (Å²) < 4.78 is 33.6. The SMILES string of the molecule is CCC/C=C\C/C=C\CCCCCCCC(=O)OC(COC(=O)CCCCCCCCCCCCCCCCCCCCCCCCCC)COP(=O)(O)OC1C(O)C(O)C(O)C(O)C1O. The number of hydrogen-bond acceptors (Lipinski definition) is 12. The molecule has 0 aromatic carbocycles. The maximum Gasteiger partial charge on any atom is 0.472 e. The van der Waals surface area contributed by atoms with Gasteiger partial charge < -0.3 is 39.9 Å². The van der Waals surface area contributed by atoms with E-state index in [9.17, 15) is 44.6 Å². The Morgan fingerprint density at radius 3 is 1.29 bits per heavy atom. The first-order valence-corrected chi connectivity index (χ1v) is 28.1. The highest BCUT2D eigenvalue weighted by atomic mass is 31.2. The fourth-order valence-electron chi connectivity index (χ4n) is 8.27. The van der Waals surface area contributed by atoms with Crippen molar-refractivity contribution in [2.24, 2.45) is 0 Å². The van der Waals surface area contributed by atoms with E-state index in [0.717, 1.165) is 70.6 Å². The predicted octanol–water partition coefficient (Wildman–Crippen LogP) is 11.6. The number of aliphatic hydroxyl groups excluding tert-OH is 5. The number of phosphoric ester groups is 1. The van der Waals surface area contributed by atoms with Gasteiger partial charge in [-0.2, -0.15) is 0 Å². The van der Waals surface area contributed by atoms with Gasteiger partial charge in [-0.25, -0.2) is 4.57 Å². The molecular formula is C52H97O13P. The number of esters is 2. The summed E-state index contributed by atoms with van der Waals surface area (Å²) >= 11 is 0. The fraction of sp³-hybridized carbons (Fsp3) is 0.885. The molecule has 1 aliphatic rings. The van der Waals surface area contributed by atoms with Crippen molar-refractivity contribution in [2.45, 2.75) is 281 Å². The van der Waals surface area contributed by atoms with Crippen LogP contribution in [0, 0.1) is 0 Å². The van der Waals surface area contributed by atoms with Crippen LogP contribution in [-0.4, -0.2) is 98.3 Å². The second kappa shape index (κ2) is 42.2. The average Bonchev–Trinajstić information content (AvgIpc) is 3.30. The highest BCUT2D eigenvalue weighted by molar-refractivity contribution is 7.47. The lowest BCUT2D eigenvalue weighted by molar-refractivity contribution is -0.220. The quantitative estimate of drug-likeness (QED) is 0.0145. The van der Waals surface area contributed by atoms with Crippen LogP contribution in [0.15, 0.2) is 24.3 Å². The molecule has 66 heavy (non-hydrogen) atoms. The first kappa shape index (κ1) is 62.3. The average molecular weight is 961 g/mol. The number of hydrogen-bond donors (Lipinski definition) is 6. The van der Waals surface area contributed by atoms with E-state index in [-0.39, 0.29) is 12.8 Å². The first-order valence-electron chi connectivity index (χ1n) is 26.6. The third-order valence-electron chi connectivity index (χ3n) is 12.5. The first-order chi connectivity index (χ1) is 31.9. The van der Waals surface area contributed by atoms with Gasteiger partial charge in [-0.3, -0.25) is 18.6 Å². The van der Waals surface area contributed by atoms with Crippen molar-refractivity contribution >= 4 is 19.8 Å². The molecule has 0 amide bonds. The number of carbonyl (C=O) groups is 2. The van der Waals surface area contributed by atoms with Gasteiger partial charge in [0.05, 0.1) is 6.61 Å². The minimum Gasteiger partial charge on any atom is -0.462 e. The van der Waals surface area contributed by atoms with Gasteiger partial charge in [-0.1, -0.05) is 212 Å². The molecule has 1 saturated carbocycles.